The molecule has 1 saturated heterocycles. The molecule has 0 saturated carbocycles. The summed E-state index contributed by atoms with van der Waals surface area (Å²) in [6.45, 7) is 5.99. The minimum atomic E-state index is 0.493. The van der Waals surface area contributed by atoms with E-state index in [-0.39, 0.29) is 0 Å². The number of aromatic nitrogens is 3. The molecule has 96 valence electrons. The fourth-order valence-electron chi connectivity index (χ4n) is 2.86. The molecule has 2 unspecified atom stereocenters. The van der Waals surface area contributed by atoms with Gasteiger partial charge in [0.15, 0.2) is 5.82 Å². The van der Waals surface area contributed by atoms with Crippen molar-refractivity contribution in [3.8, 4) is 0 Å². The van der Waals surface area contributed by atoms with E-state index in [1.165, 1.54) is 0 Å². The first-order valence-electron chi connectivity index (χ1n) is 6.46. The van der Waals surface area contributed by atoms with Gasteiger partial charge in [-0.05, 0) is 38.8 Å². The maximum Gasteiger partial charge on any atom is 0.154 e. The van der Waals surface area contributed by atoms with Gasteiger partial charge in [0.25, 0.3) is 0 Å². The number of aryl methyl sites for hydroxylation is 1. The molecule has 1 aliphatic rings. The molecule has 0 radical (unpaired) electrons. The van der Waals surface area contributed by atoms with Gasteiger partial charge in [0.05, 0.1) is 5.69 Å². The second-order valence-electron chi connectivity index (χ2n) is 5.21. The zero-order valence-electron chi connectivity index (χ0n) is 10.9. The molecule has 5 heteroatoms. The third kappa shape index (κ3) is 1.75. The van der Waals surface area contributed by atoms with Crippen molar-refractivity contribution in [3.63, 3.8) is 0 Å². The first-order chi connectivity index (χ1) is 8.69. The lowest BCUT2D eigenvalue weighted by molar-refractivity contribution is 0.579. The monoisotopic (exact) mass is 245 g/mol. The average Bonchev–Trinajstić information content (AvgIpc) is 2.90. The number of hydrogen-bond acceptors (Lipinski definition) is 4. The Hall–Kier alpha value is -1.62. The second-order valence-corrected chi connectivity index (χ2v) is 5.21. The molecule has 1 aliphatic heterocycles. The van der Waals surface area contributed by atoms with E-state index in [2.05, 4.69) is 28.0 Å². The molecule has 18 heavy (non-hydrogen) atoms. The summed E-state index contributed by atoms with van der Waals surface area (Å²) in [5.74, 6) is 1.60. The summed E-state index contributed by atoms with van der Waals surface area (Å²) >= 11 is 0. The van der Waals surface area contributed by atoms with E-state index >= 15 is 0 Å². The first kappa shape index (κ1) is 11.5. The fourth-order valence-corrected chi connectivity index (χ4v) is 2.86. The highest BCUT2D eigenvalue weighted by Gasteiger charge is 2.30. The van der Waals surface area contributed by atoms with Gasteiger partial charge in [0.1, 0.15) is 5.52 Å². The van der Waals surface area contributed by atoms with Crippen molar-refractivity contribution >= 4 is 11.3 Å². The average molecular weight is 245 g/mol. The molecule has 0 spiro atoms. The molecule has 0 aliphatic carbocycles. The zero-order chi connectivity index (χ0) is 12.7. The first-order valence-corrected chi connectivity index (χ1v) is 6.46. The molecule has 5 nitrogen and oxygen atoms in total. The van der Waals surface area contributed by atoms with Crippen molar-refractivity contribution < 1.29 is 0 Å². The number of anilines is 1. The predicted molar refractivity (Wildman–Crippen MR) is 71.7 cm³/mol. The van der Waals surface area contributed by atoms with E-state index in [0.29, 0.717) is 12.0 Å². The summed E-state index contributed by atoms with van der Waals surface area (Å²) < 4.78 is 1.90. The summed E-state index contributed by atoms with van der Waals surface area (Å²) in [4.78, 5) is 6.90. The zero-order valence-corrected chi connectivity index (χ0v) is 10.9. The van der Waals surface area contributed by atoms with Gasteiger partial charge in [0.2, 0.25) is 0 Å². The minimum Gasteiger partial charge on any atom is -0.352 e. The van der Waals surface area contributed by atoms with Crippen molar-refractivity contribution in [1.82, 2.24) is 14.6 Å². The van der Waals surface area contributed by atoms with Gasteiger partial charge < -0.3 is 10.6 Å². The molecule has 0 amide bonds. The van der Waals surface area contributed by atoms with Crippen molar-refractivity contribution in [1.29, 1.82) is 0 Å². The quantitative estimate of drug-likeness (QED) is 0.864. The Morgan fingerprint density at radius 3 is 3.06 bits per heavy atom. The molecule has 0 bridgehead atoms. The third-order valence-electron chi connectivity index (χ3n) is 3.76. The van der Waals surface area contributed by atoms with Crippen LogP contribution in [0.5, 0.6) is 0 Å². The number of rotatable bonds is 2. The van der Waals surface area contributed by atoms with Crippen LogP contribution >= 0.6 is 0 Å². The second kappa shape index (κ2) is 4.24. The number of nitrogens with zero attached hydrogens (tertiary/aromatic N) is 4. The van der Waals surface area contributed by atoms with Crippen LogP contribution in [0.15, 0.2) is 18.5 Å². The van der Waals surface area contributed by atoms with Crippen molar-refractivity contribution in [2.24, 2.45) is 11.7 Å². The van der Waals surface area contributed by atoms with Gasteiger partial charge in [-0.25, -0.2) is 9.50 Å². The van der Waals surface area contributed by atoms with Crippen LogP contribution in [0.25, 0.3) is 5.52 Å². The maximum absolute atomic E-state index is 5.79. The third-order valence-corrected chi connectivity index (χ3v) is 3.76. The Morgan fingerprint density at radius 1 is 1.50 bits per heavy atom. The minimum absolute atomic E-state index is 0.493. The van der Waals surface area contributed by atoms with Crippen LogP contribution in [0, 0.1) is 12.8 Å². The highest BCUT2D eigenvalue weighted by Crippen LogP contribution is 2.29. The summed E-state index contributed by atoms with van der Waals surface area (Å²) in [6, 6.07) is 2.58. The molecule has 0 aromatic carbocycles. The van der Waals surface area contributed by atoms with E-state index in [9.17, 15) is 0 Å². The Bertz CT molecular complexity index is 562. The van der Waals surface area contributed by atoms with Crippen LogP contribution in [-0.2, 0) is 0 Å². The molecule has 2 N–H and O–H groups in total. The summed E-state index contributed by atoms with van der Waals surface area (Å²) in [5.41, 5.74) is 7.89. The smallest absolute Gasteiger partial charge is 0.154 e. The maximum atomic E-state index is 5.79. The van der Waals surface area contributed by atoms with Crippen molar-refractivity contribution in [2.45, 2.75) is 26.3 Å². The fraction of sp³-hybridized carbons (Fsp3) is 0.538. The van der Waals surface area contributed by atoms with Gasteiger partial charge in [0, 0.05) is 25.0 Å². The lowest BCUT2D eigenvalue weighted by Gasteiger charge is -2.23. The molecule has 3 rings (SSSR count). The van der Waals surface area contributed by atoms with Crippen LogP contribution in [0.1, 0.15) is 19.0 Å². The Balaban J connectivity index is 2.04. The normalized spacial score (nSPS) is 24.1. The molecular formula is C13H19N5. The topological polar surface area (TPSA) is 59.5 Å². The molecule has 2 atom stereocenters. The van der Waals surface area contributed by atoms with Gasteiger partial charge in [-0.1, -0.05) is 0 Å². The van der Waals surface area contributed by atoms with Gasteiger partial charge in [-0.2, -0.15) is 5.10 Å². The Kier molecular flexibility index (Phi) is 2.70. The van der Waals surface area contributed by atoms with Crippen LogP contribution in [0.4, 0.5) is 5.82 Å². The largest absolute Gasteiger partial charge is 0.352 e. The Morgan fingerprint density at radius 2 is 2.33 bits per heavy atom. The number of nitrogens with two attached hydrogens (primary N) is 1. The van der Waals surface area contributed by atoms with E-state index in [1.54, 1.807) is 0 Å². The lowest BCUT2D eigenvalue weighted by Crippen LogP contribution is -2.28. The number of fused-ring (bicyclic) bond motifs is 1. The van der Waals surface area contributed by atoms with Crippen molar-refractivity contribution in [3.05, 3.63) is 24.2 Å². The Labute approximate surface area is 107 Å². The summed E-state index contributed by atoms with van der Waals surface area (Å²) in [5, 5.41) is 4.43. The van der Waals surface area contributed by atoms with Gasteiger partial charge in [-0.3, -0.25) is 0 Å². The van der Waals surface area contributed by atoms with Crippen LogP contribution in [0.3, 0.4) is 0 Å². The van der Waals surface area contributed by atoms with E-state index in [0.717, 1.165) is 36.5 Å². The standard InChI is InChI=1S/C13H19N5/c1-9-5-12-13(15-3-4-18(12)16-9)17-8-11(7-14)6-10(17)2/h3-5,10-11H,6-8,14H2,1-2H3. The molecule has 2 aromatic heterocycles. The van der Waals surface area contributed by atoms with Crippen LogP contribution in [-0.4, -0.2) is 33.7 Å². The van der Waals surface area contributed by atoms with E-state index in [4.69, 9.17) is 5.73 Å². The van der Waals surface area contributed by atoms with E-state index in [1.807, 2.05) is 23.8 Å². The SMILES string of the molecule is Cc1cc2c(N3CC(CN)CC3C)nccn2n1. The summed E-state index contributed by atoms with van der Waals surface area (Å²) in [7, 11) is 0. The van der Waals surface area contributed by atoms with Gasteiger partial charge >= 0.3 is 0 Å². The highest BCUT2D eigenvalue weighted by atomic mass is 15.3. The molecule has 2 aromatic rings. The van der Waals surface area contributed by atoms with Crippen molar-refractivity contribution in [2.75, 3.05) is 18.0 Å². The van der Waals surface area contributed by atoms with Crippen LogP contribution in [0.2, 0.25) is 0 Å². The molecule has 3 heterocycles. The molecular weight excluding hydrogens is 226 g/mol. The summed E-state index contributed by atoms with van der Waals surface area (Å²) in [6.07, 6.45) is 4.86. The van der Waals surface area contributed by atoms with E-state index < -0.39 is 0 Å². The number of hydrogen-bond donors (Lipinski definition) is 1. The predicted octanol–water partition coefficient (Wildman–Crippen LogP) is 1.21. The lowest BCUT2D eigenvalue weighted by atomic mass is 10.1. The molecule has 1 fully saturated rings. The van der Waals surface area contributed by atoms with Crippen LogP contribution < -0.4 is 10.6 Å². The van der Waals surface area contributed by atoms with Gasteiger partial charge in [-0.15, -0.1) is 0 Å². The highest BCUT2D eigenvalue weighted by molar-refractivity contribution is 5.69.